The van der Waals surface area contributed by atoms with Crippen molar-refractivity contribution in [3.63, 3.8) is 0 Å². The number of aromatic hydroxyl groups is 1. The van der Waals surface area contributed by atoms with Crippen molar-refractivity contribution >= 4 is 17.7 Å². The molecule has 0 radical (unpaired) electrons. The topological polar surface area (TPSA) is 99.2 Å². The van der Waals surface area contributed by atoms with Crippen LogP contribution < -0.4 is 5.32 Å². The van der Waals surface area contributed by atoms with Gasteiger partial charge in [0.05, 0.1) is 12.6 Å². The molecule has 5 rings (SSSR count). The summed E-state index contributed by atoms with van der Waals surface area (Å²) >= 11 is 0. The molecule has 4 aliphatic rings. The van der Waals surface area contributed by atoms with Crippen LogP contribution in [-0.4, -0.2) is 71.5 Å². The van der Waals surface area contributed by atoms with Crippen molar-refractivity contribution in [2.45, 2.75) is 76.0 Å². The van der Waals surface area contributed by atoms with Crippen LogP contribution in [0, 0.1) is 5.92 Å². The Balaban J connectivity index is 1.21. The Morgan fingerprint density at radius 3 is 2.44 bits per heavy atom. The third kappa shape index (κ3) is 4.45. The minimum absolute atomic E-state index is 0.206. The van der Waals surface area contributed by atoms with Crippen molar-refractivity contribution in [1.82, 2.24) is 15.1 Å². The van der Waals surface area contributed by atoms with Crippen molar-refractivity contribution < 1.29 is 24.2 Å². The van der Waals surface area contributed by atoms with E-state index in [1.165, 1.54) is 17.7 Å². The van der Waals surface area contributed by atoms with Gasteiger partial charge in [-0.25, -0.2) is 0 Å². The highest BCUT2D eigenvalue weighted by atomic mass is 16.5. The Labute approximate surface area is 200 Å². The van der Waals surface area contributed by atoms with Crippen molar-refractivity contribution in [2.24, 2.45) is 5.92 Å². The maximum atomic E-state index is 13.0. The quantitative estimate of drug-likeness (QED) is 0.643. The molecule has 1 aliphatic carbocycles. The molecule has 1 atom stereocenters. The number of fused-ring (bicyclic) bond motifs is 1. The van der Waals surface area contributed by atoms with Crippen molar-refractivity contribution in [3.8, 4) is 5.75 Å². The van der Waals surface area contributed by atoms with Gasteiger partial charge in [0.25, 0.3) is 5.91 Å². The van der Waals surface area contributed by atoms with E-state index in [0.717, 1.165) is 56.8 Å². The van der Waals surface area contributed by atoms with Crippen LogP contribution in [0.2, 0.25) is 0 Å². The van der Waals surface area contributed by atoms with Gasteiger partial charge in [-0.3, -0.25) is 19.7 Å². The average molecular weight is 470 g/mol. The zero-order chi connectivity index (χ0) is 23.8. The van der Waals surface area contributed by atoms with Gasteiger partial charge in [-0.05, 0) is 81.5 Å². The lowest BCUT2D eigenvalue weighted by Gasteiger charge is -2.36. The summed E-state index contributed by atoms with van der Waals surface area (Å²) in [6.45, 7) is 3.40. The first-order chi connectivity index (χ1) is 16.4. The first-order valence-corrected chi connectivity index (χ1v) is 12.7. The monoisotopic (exact) mass is 469 g/mol. The van der Waals surface area contributed by atoms with Crippen LogP contribution >= 0.6 is 0 Å². The normalized spacial score (nSPS) is 28.8. The van der Waals surface area contributed by atoms with Crippen LogP contribution in [0.25, 0.3) is 0 Å². The number of phenolic OH excluding ortho intramolecular Hbond substituents is 1. The summed E-state index contributed by atoms with van der Waals surface area (Å²) < 4.78 is 5.50. The molecule has 3 fully saturated rings. The van der Waals surface area contributed by atoms with Gasteiger partial charge in [0.15, 0.2) is 0 Å². The number of methoxy groups -OCH3 is 1. The molecule has 8 heteroatoms. The molecule has 1 aromatic rings. The number of carbonyl (C=O) groups is 3. The van der Waals surface area contributed by atoms with Crippen LogP contribution in [0.3, 0.4) is 0 Å². The molecule has 34 heavy (non-hydrogen) atoms. The number of nitrogens with zero attached hydrogens (tertiary/aromatic N) is 2. The number of likely N-dealkylation sites (tertiary alicyclic amines) is 1. The number of hydrogen-bond donors (Lipinski definition) is 2. The van der Waals surface area contributed by atoms with Crippen LogP contribution in [0.1, 0.15) is 78.8 Å². The number of benzene rings is 1. The smallest absolute Gasteiger partial charge is 0.255 e. The number of nitrogens with one attached hydrogen (secondary N) is 1. The van der Waals surface area contributed by atoms with Gasteiger partial charge in [-0.15, -0.1) is 0 Å². The van der Waals surface area contributed by atoms with E-state index in [9.17, 15) is 19.5 Å². The Bertz CT molecular complexity index is 963. The minimum Gasteiger partial charge on any atom is -0.507 e. The van der Waals surface area contributed by atoms with Crippen molar-refractivity contribution in [2.75, 3.05) is 26.7 Å². The Hall–Kier alpha value is -2.45. The lowest BCUT2D eigenvalue weighted by atomic mass is 9.84. The molecule has 184 valence electrons. The van der Waals surface area contributed by atoms with Crippen molar-refractivity contribution in [1.29, 1.82) is 0 Å². The Morgan fingerprint density at radius 2 is 1.76 bits per heavy atom. The van der Waals surface area contributed by atoms with Crippen LogP contribution in [0.5, 0.6) is 5.75 Å². The molecule has 3 aliphatic heterocycles. The number of imide groups is 1. The van der Waals surface area contributed by atoms with E-state index in [-0.39, 0.29) is 36.4 Å². The molecule has 0 spiro atoms. The maximum absolute atomic E-state index is 13.0. The highest BCUT2D eigenvalue weighted by molar-refractivity contribution is 6.05. The third-order valence-electron chi connectivity index (χ3n) is 8.39. The highest BCUT2D eigenvalue weighted by Crippen LogP contribution is 2.41. The van der Waals surface area contributed by atoms with Crippen LogP contribution in [0.4, 0.5) is 0 Å². The highest BCUT2D eigenvalue weighted by Gasteiger charge is 2.41. The number of ether oxygens (including phenoxy) is 1. The first kappa shape index (κ1) is 23.3. The van der Waals surface area contributed by atoms with Gasteiger partial charge in [0.2, 0.25) is 11.8 Å². The largest absolute Gasteiger partial charge is 0.507 e. The molecule has 3 heterocycles. The molecule has 1 aromatic carbocycles. The number of amides is 3. The van der Waals surface area contributed by atoms with E-state index in [1.54, 1.807) is 6.07 Å². The minimum atomic E-state index is -0.664. The third-order valence-corrected chi connectivity index (χ3v) is 8.39. The summed E-state index contributed by atoms with van der Waals surface area (Å²) in [6.07, 6.45) is 7.76. The average Bonchev–Trinajstić information content (AvgIpc) is 3.17. The second-order valence-electron chi connectivity index (χ2n) is 10.4. The number of rotatable bonds is 5. The SMILES string of the molecule is COC1CCC(CN2CCC(c3ccc4c(c3O)CN(C3CCC(=O)NC3=O)C4=O)CC2)CC1. The number of phenols is 1. The second-order valence-corrected chi connectivity index (χ2v) is 10.4. The molecule has 2 N–H and O–H groups in total. The fourth-order valence-electron chi connectivity index (χ4n) is 6.31. The second kappa shape index (κ2) is 9.66. The van der Waals surface area contributed by atoms with E-state index in [4.69, 9.17) is 4.74 Å². The van der Waals surface area contributed by atoms with Gasteiger partial charge in [0.1, 0.15) is 11.8 Å². The molecular weight excluding hydrogens is 434 g/mol. The van der Waals surface area contributed by atoms with Crippen LogP contribution in [0.15, 0.2) is 12.1 Å². The van der Waals surface area contributed by atoms with Crippen LogP contribution in [-0.2, 0) is 20.9 Å². The van der Waals surface area contributed by atoms with Gasteiger partial charge in [0, 0.05) is 31.2 Å². The Morgan fingerprint density at radius 1 is 1.03 bits per heavy atom. The fourth-order valence-corrected chi connectivity index (χ4v) is 6.31. The fraction of sp³-hybridized carbons (Fsp3) is 0.654. The Kier molecular flexibility index (Phi) is 6.62. The van der Waals surface area contributed by atoms with E-state index >= 15 is 0 Å². The first-order valence-electron chi connectivity index (χ1n) is 12.7. The number of carbonyl (C=O) groups excluding carboxylic acids is 3. The summed E-state index contributed by atoms with van der Waals surface area (Å²) in [6, 6.07) is 3.04. The standard InChI is InChI=1S/C26H35N3O5/c1-34-18-4-2-16(3-5-18)14-28-12-10-17(11-13-28)19-6-7-20-21(24(19)31)15-29(26(20)33)22-8-9-23(30)27-25(22)32/h6-7,16-18,22,31H,2-5,8-15H2,1H3,(H,27,30,32). The summed E-state index contributed by atoms with van der Waals surface area (Å²) in [5.74, 6) is 0.247. The lowest BCUT2D eigenvalue weighted by molar-refractivity contribution is -0.136. The molecular formula is C26H35N3O5. The molecule has 0 aromatic heterocycles. The number of hydrogen-bond acceptors (Lipinski definition) is 6. The summed E-state index contributed by atoms with van der Waals surface area (Å²) in [7, 11) is 1.81. The van der Waals surface area contributed by atoms with Gasteiger partial charge < -0.3 is 19.6 Å². The maximum Gasteiger partial charge on any atom is 0.255 e. The van der Waals surface area contributed by atoms with E-state index < -0.39 is 11.9 Å². The lowest BCUT2D eigenvalue weighted by Crippen LogP contribution is -2.52. The van der Waals surface area contributed by atoms with Gasteiger partial charge in [-0.2, -0.15) is 0 Å². The number of piperidine rings is 2. The molecule has 2 saturated heterocycles. The molecule has 3 amide bonds. The molecule has 8 nitrogen and oxygen atoms in total. The van der Waals surface area contributed by atoms with E-state index in [0.29, 0.717) is 23.7 Å². The van der Waals surface area contributed by atoms with Gasteiger partial charge in [-0.1, -0.05) is 6.07 Å². The summed E-state index contributed by atoms with van der Waals surface area (Å²) in [4.78, 5) is 40.8. The zero-order valence-electron chi connectivity index (χ0n) is 19.9. The van der Waals surface area contributed by atoms with E-state index in [2.05, 4.69) is 10.2 Å². The predicted molar refractivity (Wildman–Crippen MR) is 125 cm³/mol. The molecule has 0 bridgehead atoms. The summed E-state index contributed by atoms with van der Waals surface area (Å²) in [5, 5.41) is 13.4. The molecule has 1 saturated carbocycles. The zero-order valence-corrected chi connectivity index (χ0v) is 19.9. The van der Waals surface area contributed by atoms with Gasteiger partial charge >= 0.3 is 0 Å². The summed E-state index contributed by atoms with van der Waals surface area (Å²) in [5.41, 5.74) is 2.00. The van der Waals surface area contributed by atoms with E-state index in [1.807, 2.05) is 13.2 Å². The van der Waals surface area contributed by atoms with Crippen molar-refractivity contribution in [3.05, 3.63) is 28.8 Å². The molecule has 1 unspecified atom stereocenters. The predicted octanol–water partition coefficient (Wildman–Crippen LogP) is 2.54.